The molecule has 1 N–H and O–H groups in total. The van der Waals surface area contributed by atoms with Gasteiger partial charge in [0.2, 0.25) is 0 Å². The molecule has 1 aliphatic rings. The average Bonchev–Trinajstić information content (AvgIpc) is 2.55. The Kier molecular flexibility index (Phi) is 6.68. The molecule has 1 unspecified atom stereocenters. The number of nitrogens with zero attached hydrogens (tertiary/aromatic N) is 3. The zero-order chi connectivity index (χ0) is 15.9. The molecule has 1 fully saturated rings. The fourth-order valence-corrected chi connectivity index (χ4v) is 3.27. The normalized spacial score (nSPS) is 17.7. The number of piperazine rings is 1. The van der Waals surface area contributed by atoms with Crippen LogP contribution in [0.15, 0.2) is 24.3 Å². The summed E-state index contributed by atoms with van der Waals surface area (Å²) in [6.07, 6.45) is 0. The van der Waals surface area contributed by atoms with Gasteiger partial charge in [0.1, 0.15) is 0 Å². The molecule has 1 saturated heterocycles. The van der Waals surface area contributed by atoms with E-state index < -0.39 is 0 Å². The Balaban J connectivity index is 2.15. The number of benzene rings is 1. The van der Waals surface area contributed by atoms with Gasteiger partial charge in [-0.25, -0.2) is 0 Å². The van der Waals surface area contributed by atoms with Gasteiger partial charge < -0.3 is 15.1 Å². The number of rotatable bonds is 7. The van der Waals surface area contributed by atoms with E-state index in [4.69, 9.17) is 0 Å². The molecular formula is C18H32N4. The number of nitrogens with one attached hydrogen (secondary N) is 1. The van der Waals surface area contributed by atoms with Crippen LogP contribution in [-0.4, -0.2) is 69.7 Å². The average molecular weight is 304 g/mol. The molecule has 4 nitrogen and oxygen atoms in total. The van der Waals surface area contributed by atoms with Gasteiger partial charge in [-0.3, -0.25) is 4.90 Å². The molecule has 0 spiro atoms. The van der Waals surface area contributed by atoms with Crippen molar-refractivity contribution in [2.45, 2.75) is 19.9 Å². The van der Waals surface area contributed by atoms with Crippen LogP contribution in [0.3, 0.4) is 0 Å². The van der Waals surface area contributed by atoms with E-state index in [1.807, 2.05) is 0 Å². The van der Waals surface area contributed by atoms with Crippen LogP contribution < -0.4 is 10.2 Å². The fraction of sp³-hybridized carbons (Fsp3) is 0.667. The lowest BCUT2D eigenvalue weighted by Gasteiger charge is -2.36. The Morgan fingerprint density at radius 1 is 1.05 bits per heavy atom. The van der Waals surface area contributed by atoms with Crippen LogP contribution in [-0.2, 0) is 0 Å². The monoisotopic (exact) mass is 304 g/mol. The Labute approximate surface area is 136 Å². The molecule has 4 heteroatoms. The third-order valence-electron chi connectivity index (χ3n) is 4.54. The van der Waals surface area contributed by atoms with Gasteiger partial charge in [-0.15, -0.1) is 0 Å². The minimum atomic E-state index is 0.489. The minimum absolute atomic E-state index is 0.489. The molecule has 124 valence electrons. The highest BCUT2D eigenvalue weighted by Crippen LogP contribution is 2.24. The Morgan fingerprint density at radius 3 is 2.14 bits per heavy atom. The lowest BCUT2D eigenvalue weighted by molar-refractivity contribution is 0.145. The minimum Gasteiger partial charge on any atom is -0.372 e. The van der Waals surface area contributed by atoms with Crippen LogP contribution in [0.2, 0.25) is 0 Å². The second-order valence-electron chi connectivity index (χ2n) is 6.33. The summed E-state index contributed by atoms with van der Waals surface area (Å²) in [5.74, 6) is 0. The molecule has 1 aliphatic heterocycles. The molecule has 0 radical (unpaired) electrons. The largest absolute Gasteiger partial charge is 0.372 e. The number of hydrogen-bond donors (Lipinski definition) is 1. The highest BCUT2D eigenvalue weighted by Gasteiger charge is 2.22. The van der Waals surface area contributed by atoms with Crippen molar-refractivity contribution in [2.75, 3.05) is 64.8 Å². The van der Waals surface area contributed by atoms with Crippen molar-refractivity contribution in [1.82, 2.24) is 15.1 Å². The highest BCUT2D eigenvalue weighted by atomic mass is 15.2. The first-order chi connectivity index (χ1) is 10.7. The van der Waals surface area contributed by atoms with E-state index in [0.29, 0.717) is 6.04 Å². The summed E-state index contributed by atoms with van der Waals surface area (Å²) < 4.78 is 0. The molecule has 0 saturated carbocycles. The predicted molar refractivity (Wildman–Crippen MR) is 95.7 cm³/mol. The number of likely N-dealkylation sites (N-methyl/N-ethyl adjacent to an activating group) is 1. The molecule has 0 aromatic heterocycles. The first-order valence-electron chi connectivity index (χ1n) is 8.60. The first-order valence-corrected chi connectivity index (χ1v) is 8.60. The summed E-state index contributed by atoms with van der Waals surface area (Å²) >= 11 is 0. The van der Waals surface area contributed by atoms with Gasteiger partial charge in [0.15, 0.2) is 0 Å². The molecule has 1 heterocycles. The molecule has 2 rings (SSSR count). The zero-order valence-corrected chi connectivity index (χ0v) is 14.7. The lowest BCUT2D eigenvalue weighted by Crippen LogP contribution is -2.47. The van der Waals surface area contributed by atoms with Gasteiger partial charge in [-0.2, -0.15) is 0 Å². The van der Waals surface area contributed by atoms with E-state index in [1.54, 1.807) is 0 Å². The Hall–Kier alpha value is -1.10. The maximum absolute atomic E-state index is 3.45. The molecule has 0 amide bonds. The summed E-state index contributed by atoms with van der Waals surface area (Å²) in [6, 6.07) is 9.71. The molecule has 1 aromatic rings. The summed E-state index contributed by atoms with van der Waals surface area (Å²) in [6.45, 7) is 12.1. The quantitative estimate of drug-likeness (QED) is 0.832. The lowest BCUT2D eigenvalue weighted by atomic mass is 10.0. The fourth-order valence-electron chi connectivity index (χ4n) is 3.27. The molecule has 1 atom stereocenters. The Bertz CT molecular complexity index is 419. The number of hydrogen-bond acceptors (Lipinski definition) is 4. The SMILES string of the molecule is CCN(CC)c1ccc(C(CN(C)C)N2CCNCC2)cc1. The van der Waals surface area contributed by atoms with Crippen molar-refractivity contribution in [3.05, 3.63) is 29.8 Å². The summed E-state index contributed by atoms with van der Waals surface area (Å²) in [5.41, 5.74) is 2.77. The smallest absolute Gasteiger partial charge is 0.0476 e. The molecular weight excluding hydrogens is 272 g/mol. The summed E-state index contributed by atoms with van der Waals surface area (Å²) in [5, 5.41) is 3.45. The zero-order valence-electron chi connectivity index (χ0n) is 14.7. The van der Waals surface area contributed by atoms with E-state index in [9.17, 15) is 0 Å². The van der Waals surface area contributed by atoms with Crippen molar-refractivity contribution in [2.24, 2.45) is 0 Å². The first kappa shape index (κ1) is 17.3. The van der Waals surface area contributed by atoms with Crippen molar-refractivity contribution < 1.29 is 0 Å². The van der Waals surface area contributed by atoms with Crippen molar-refractivity contribution in [3.63, 3.8) is 0 Å². The molecule has 22 heavy (non-hydrogen) atoms. The summed E-state index contributed by atoms with van der Waals surface area (Å²) in [7, 11) is 4.33. The maximum Gasteiger partial charge on any atom is 0.0476 e. The van der Waals surface area contributed by atoms with Crippen LogP contribution in [0.4, 0.5) is 5.69 Å². The third-order valence-corrected chi connectivity index (χ3v) is 4.54. The van der Waals surface area contributed by atoms with Gasteiger partial charge in [0.25, 0.3) is 0 Å². The second kappa shape index (κ2) is 8.51. The third kappa shape index (κ3) is 4.45. The molecule has 0 aliphatic carbocycles. The number of anilines is 1. The van der Waals surface area contributed by atoms with Crippen molar-refractivity contribution in [1.29, 1.82) is 0 Å². The Morgan fingerprint density at radius 2 is 1.64 bits per heavy atom. The van der Waals surface area contributed by atoms with Gasteiger partial charge in [0, 0.05) is 57.5 Å². The topological polar surface area (TPSA) is 21.8 Å². The molecule has 0 bridgehead atoms. The van der Waals surface area contributed by atoms with Crippen LogP contribution in [0, 0.1) is 0 Å². The predicted octanol–water partition coefficient (Wildman–Crippen LogP) is 2.04. The van der Waals surface area contributed by atoms with E-state index in [-0.39, 0.29) is 0 Å². The van der Waals surface area contributed by atoms with E-state index >= 15 is 0 Å². The van der Waals surface area contributed by atoms with E-state index in [2.05, 4.69) is 72.2 Å². The second-order valence-corrected chi connectivity index (χ2v) is 6.33. The van der Waals surface area contributed by atoms with E-state index in [0.717, 1.165) is 45.8 Å². The van der Waals surface area contributed by atoms with Crippen molar-refractivity contribution in [3.8, 4) is 0 Å². The standard InChI is InChI=1S/C18H32N4/c1-5-21(6-2)17-9-7-16(8-10-17)18(15-20(3)4)22-13-11-19-12-14-22/h7-10,18-19H,5-6,11-15H2,1-4H3. The van der Waals surface area contributed by atoms with Gasteiger partial charge in [-0.1, -0.05) is 12.1 Å². The maximum atomic E-state index is 3.45. The van der Waals surface area contributed by atoms with Crippen LogP contribution in [0.25, 0.3) is 0 Å². The van der Waals surface area contributed by atoms with Crippen LogP contribution in [0.5, 0.6) is 0 Å². The van der Waals surface area contributed by atoms with Crippen molar-refractivity contribution >= 4 is 5.69 Å². The van der Waals surface area contributed by atoms with Gasteiger partial charge in [-0.05, 0) is 45.6 Å². The van der Waals surface area contributed by atoms with Crippen LogP contribution >= 0.6 is 0 Å². The summed E-state index contributed by atoms with van der Waals surface area (Å²) in [4.78, 5) is 7.31. The molecule has 1 aromatic carbocycles. The van der Waals surface area contributed by atoms with E-state index in [1.165, 1.54) is 11.3 Å². The highest BCUT2D eigenvalue weighted by molar-refractivity contribution is 5.47. The van der Waals surface area contributed by atoms with Crippen LogP contribution in [0.1, 0.15) is 25.5 Å². The van der Waals surface area contributed by atoms with Gasteiger partial charge >= 0.3 is 0 Å². The van der Waals surface area contributed by atoms with Gasteiger partial charge in [0.05, 0.1) is 0 Å².